The molecule has 182 valence electrons. The van der Waals surface area contributed by atoms with E-state index >= 15 is 0 Å². The predicted octanol–water partition coefficient (Wildman–Crippen LogP) is 6.87. The first-order chi connectivity index (χ1) is 17.3. The van der Waals surface area contributed by atoms with Crippen LogP contribution in [0.3, 0.4) is 0 Å². The van der Waals surface area contributed by atoms with Crippen LogP contribution in [0.5, 0.6) is 0 Å². The first-order valence-corrected chi connectivity index (χ1v) is 13.1. The Morgan fingerprint density at radius 2 is 1.64 bits per heavy atom. The highest BCUT2D eigenvalue weighted by Gasteiger charge is 2.38. The summed E-state index contributed by atoms with van der Waals surface area (Å²) in [7, 11) is 2.02. The van der Waals surface area contributed by atoms with Crippen LogP contribution in [0.1, 0.15) is 25.0 Å². The number of rotatable bonds is 6. The van der Waals surface area contributed by atoms with E-state index in [-0.39, 0.29) is 17.0 Å². The van der Waals surface area contributed by atoms with E-state index in [4.69, 9.17) is 11.6 Å². The van der Waals surface area contributed by atoms with Crippen LogP contribution in [0, 0.1) is 6.92 Å². The van der Waals surface area contributed by atoms with Crippen molar-refractivity contribution in [3.63, 3.8) is 0 Å². The molecule has 0 bridgehead atoms. The minimum Gasteiger partial charge on any atom is -0.347 e. The number of nitrogens with zero attached hydrogens (tertiary/aromatic N) is 4. The summed E-state index contributed by atoms with van der Waals surface area (Å²) in [4.78, 5) is 15.3. The smallest absolute Gasteiger partial charge is 0.196 e. The average molecular weight is 515 g/mol. The Morgan fingerprint density at radius 3 is 2.33 bits per heavy atom. The average Bonchev–Trinajstić information content (AvgIpc) is 3.37. The standard InChI is InChI=1S/C29H27ClN4OS/c1-19-9-5-7-11-24(19)34-27(20-13-15-21(30)16-14-20)31-32-28(34)36-18-22(35)17-26-29(2,3)23-10-6-8-12-25(23)33(26)4/h5-17H,18H2,1-4H3/b26-17-. The van der Waals surface area contributed by atoms with E-state index in [0.717, 1.165) is 28.2 Å². The number of allylic oxidation sites excluding steroid dienone is 2. The summed E-state index contributed by atoms with van der Waals surface area (Å²) in [5.74, 6) is 1.01. The molecule has 2 heterocycles. The summed E-state index contributed by atoms with van der Waals surface area (Å²) in [5, 5.41) is 10.3. The molecule has 0 saturated heterocycles. The molecule has 5 rings (SSSR count). The molecular formula is C29H27ClN4OS. The van der Waals surface area contributed by atoms with Crippen molar-refractivity contribution in [3.8, 4) is 17.1 Å². The fourth-order valence-corrected chi connectivity index (χ4v) is 5.66. The number of hydrogen-bond donors (Lipinski definition) is 0. The van der Waals surface area contributed by atoms with Crippen molar-refractivity contribution in [2.75, 3.05) is 17.7 Å². The second-order valence-corrected chi connectivity index (χ2v) is 10.8. The molecule has 0 amide bonds. The molecule has 1 aliphatic rings. The Balaban J connectivity index is 1.45. The van der Waals surface area contributed by atoms with Gasteiger partial charge in [0.05, 0.1) is 11.4 Å². The molecule has 0 unspecified atom stereocenters. The van der Waals surface area contributed by atoms with E-state index in [2.05, 4.69) is 54.1 Å². The number of anilines is 1. The van der Waals surface area contributed by atoms with Gasteiger partial charge >= 0.3 is 0 Å². The number of ketones is 1. The van der Waals surface area contributed by atoms with Crippen LogP contribution in [0.4, 0.5) is 5.69 Å². The number of likely N-dealkylation sites (N-methyl/N-ethyl adjacent to an activating group) is 1. The molecule has 0 aliphatic carbocycles. The van der Waals surface area contributed by atoms with Crippen LogP contribution >= 0.6 is 23.4 Å². The molecule has 5 nitrogen and oxygen atoms in total. The second kappa shape index (κ2) is 9.60. The van der Waals surface area contributed by atoms with Gasteiger partial charge in [0.2, 0.25) is 0 Å². The van der Waals surface area contributed by atoms with Crippen LogP contribution in [-0.2, 0) is 10.2 Å². The number of aromatic nitrogens is 3. The molecule has 0 saturated carbocycles. The first kappa shape index (κ1) is 24.3. The van der Waals surface area contributed by atoms with Gasteiger partial charge in [-0.05, 0) is 54.4 Å². The lowest BCUT2D eigenvalue weighted by Gasteiger charge is -2.23. The number of carbonyl (C=O) groups excluding carboxylic acids is 1. The lowest BCUT2D eigenvalue weighted by molar-refractivity contribution is -0.112. The number of aryl methyl sites for hydroxylation is 1. The van der Waals surface area contributed by atoms with E-state index in [1.807, 2.05) is 66.2 Å². The Morgan fingerprint density at radius 1 is 0.972 bits per heavy atom. The number of thioether (sulfide) groups is 1. The summed E-state index contributed by atoms with van der Waals surface area (Å²) in [6.07, 6.45) is 1.78. The molecule has 7 heteroatoms. The van der Waals surface area contributed by atoms with Crippen molar-refractivity contribution in [1.82, 2.24) is 14.8 Å². The van der Waals surface area contributed by atoms with Crippen molar-refractivity contribution in [3.05, 3.63) is 101 Å². The third-order valence-electron chi connectivity index (χ3n) is 6.67. The van der Waals surface area contributed by atoms with Crippen LogP contribution in [0.15, 0.2) is 89.7 Å². The van der Waals surface area contributed by atoms with Gasteiger partial charge in [-0.3, -0.25) is 9.36 Å². The van der Waals surface area contributed by atoms with Gasteiger partial charge in [0.15, 0.2) is 16.8 Å². The molecule has 0 radical (unpaired) electrons. The molecule has 3 aromatic carbocycles. The summed E-state index contributed by atoms with van der Waals surface area (Å²) in [6, 6.07) is 24.0. The van der Waals surface area contributed by atoms with Crippen LogP contribution in [-0.4, -0.2) is 33.3 Å². The highest BCUT2D eigenvalue weighted by atomic mass is 35.5. The normalized spacial score (nSPS) is 15.4. The number of halogens is 1. The molecule has 1 aliphatic heterocycles. The zero-order valence-corrected chi connectivity index (χ0v) is 22.3. The summed E-state index contributed by atoms with van der Waals surface area (Å²) in [5.41, 5.74) is 6.10. The van der Waals surface area contributed by atoms with Gasteiger partial charge in [-0.25, -0.2) is 0 Å². The lowest BCUT2D eigenvalue weighted by atomic mass is 9.83. The Bertz CT molecular complexity index is 1470. The van der Waals surface area contributed by atoms with Crippen molar-refractivity contribution in [2.45, 2.75) is 31.3 Å². The van der Waals surface area contributed by atoms with E-state index in [0.29, 0.717) is 16.0 Å². The van der Waals surface area contributed by atoms with Crippen LogP contribution in [0.2, 0.25) is 5.02 Å². The van der Waals surface area contributed by atoms with Gasteiger partial charge < -0.3 is 4.90 Å². The van der Waals surface area contributed by atoms with Crippen LogP contribution in [0.25, 0.3) is 17.1 Å². The summed E-state index contributed by atoms with van der Waals surface area (Å²) < 4.78 is 2.02. The molecular weight excluding hydrogens is 488 g/mol. The zero-order chi connectivity index (χ0) is 25.4. The Labute approximate surface area is 220 Å². The minimum absolute atomic E-state index is 0.0371. The van der Waals surface area contributed by atoms with E-state index in [1.165, 1.54) is 17.3 Å². The van der Waals surface area contributed by atoms with Gasteiger partial charge in [-0.1, -0.05) is 73.6 Å². The summed E-state index contributed by atoms with van der Waals surface area (Å²) >= 11 is 7.50. The maximum Gasteiger partial charge on any atom is 0.196 e. The maximum atomic E-state index is 13.2. The highest BCUT2D eigenvalue weighted by Crippen LogP contribution is 2.46. The largest absolute Gasteiger partial charge is 0.347 e. The van der Waals surface area contributed by atoms with Crippen molar-refractivity contribution < 1.29 is 4.79 Å². The molecule has 36 heavy (non-hydrogen) atoms. The van der Waals surface area contributed by atoms with Gasteiger partial charge in [0, 0.05) is 40.5 Å². The fraction of sp³-hybridized carbons (Fsp3) is 0.207. The van der Waals surface area contributed by atoms with E-state index in [1.54, 1.807) is 6.08 Å². The molecule has 1 aromatic heterocycles. The zero-order valence-electron chi connectivity index (χ0n) is 20.7. The van der Waals surface area contributed by atoms with Gasteiger partial charge in [-0.2, -0.15) is 0 Å². The maximum absolute atomic E-state index is 13.2. The van der Waals surface area contributed by atoms with Gasteiger partial charge in [-0.15, -0.1) is 10.2 Å². The molecule has 4 aromatic rings. The highest BCUT2D eigenvalue weighted by molar-refractivity contribution is 7.99. The topological polar surface area (TPSA) is 51.0 Å². The van der Waals surface area contributed by atoms with Gasteiger partial charge in [0.25, 0.3) is 0 Å². The summed E-state index contributed by atoms with van der Waals surface area (Å²) in [6.45, 7) is 6.38. The molecule has 0 N–H and O–H groups in total. The van der Waals surface area contributed by atoms with Crippen molar-refractivity contribution >= 4 is 34.8 Å². The quantitative estimate of drug-likeness (QED) is 0.207. The number of benzene rings is 3. The molecule has 0 atom stereocenters. The SMILES string of the molecule is Cc1ccccc1-n1c(SCC(=O)/C=C2\N(C)c3ccccc3C2(C)C)nnc1-c1ccc(Cl)cc1. The third-order valence-corrected chi connectivity index (χ3v) is 7.88. The van der Waals surface area contributed by atoms with E-state index in [9.17, 15) is 4.79 Å². The number of fused-ring (bicyclic) bond motifs is 1. The molecule has 0 spiro atoms. The Kier molecular flexibility index (Phi) is 6.49. The predicted molar refractivity (Wildman–Crippen MR) is 148 cm³/mol. The number of para-hydroxylation sites is 2. The van der Waals surface area contributed by atoms with Crippen molar-refractivity contribution in [2.24, 2.45) is 0 Å². The number of carbonyl (C=O) groups is 1. The first-order valence-electron chi connectivity index (χ1n) is 11.8. The number of hydrogen-bond acceptors (Lipinski definition) is 5. The lowest BCUT2D eigenvalue weighted by Crippen LogP contribution is -2.24. The monoisotopic (exact) mass is 514 g/mol. The van der Waals surface area contributed by atoms with Crippen LogP contribution < -0.4 is 4.90 Å². The fourth-order valence-electron chi connectivity index (χ4n) is 4.77. The van der Waals surface area contributed by atoms with E-state index < -0.39 is 0 Å². The Hall–Kier alpha value is -3.35. The van der Waals surface area contributed by atoms with Crippen molar-refractivity contribution in [1.29, 1.82) is 0 Å². The third kappa shape index (κ3) is 4.36. The minimum atomic E-state index is -0.241. The molecule has 0 fully saturated rings. The second-order valence-electron chi connectivity index (χ2n) is 9.42. The van der Waals surface area contributed by atoms with Gasteiger partial charge in [0.1, 0.15) is 0 Å².